The van der Waals surface area contributed by atoms with Gasteiger partial charge >= 0.3 is 6.18 Å². The second-order valence-corrected chi connectivity index (χ2v) is 5.00. The lowest BCUT2D eigenvalue weighted by atomic mass is 10.1. The van der Waals surface area contributed by atoms with Crippen LogP contribution in [-0.4, -0.2) is 25.2 Å². The van der Waals surface area contributed by atoms with Crippen LogP contribution in [0.5, 0.6) is 0 Å². The Labute approximate surface area is 104 Å². The van der Waals surface area contributed by atoms with Crippen molar-refractivity contribution < 1.29 is 13.2 Å². The molecule has 2 aliphatic heterocycles. The molecule has 0 radical (unpaired) electrons. The summed E-state index contributed by atoms with van der Waals surface area (Å²) in [5.41, 5.74) is 0.339. The highest BCUT2D eigenvalue weighted by Gasteiger charge is 2.37. The fourth-order valence-corrected chi connectivity index (χ4v) is 3.02. The van der Waals surface area contributed by atoms with Crippen LogP contribution < -0.4 is 10.2 Å². The highest BCUT2D eigenvalue weighted by molar-refractivity contribution is 5.52. The lowest BCUT2D eigenvalue weighted by molar-refractivity contribution is -0.137. The summed E-state index contributed by atoms with van der Waals surface area (Å²) in [6.07, 6.45) is -2.00. The summed E-state index contributed by atoms with van der Waals surface area (Å²) < 4.78 is 37.5. The standard InChI is InChI=1S/C13H15F3N2/c14-13(15,16)9-1-3-10(4-2-9)18-11-5-6-12(18)8-17-7-11/h1-4,11-12,17H,5-8H2. The van der Waals surface area contributed by atoms with Crippen LogP contribution in [0.2, 0.25) is 0 Å². The van der Waals surface area contributed by atoms with Crippen molar-refractivity contribution in [2.45, 2.75) is 31.1 Å². The molecule has 0 aromatic heterocycles. The maximum absolute atomic E-state index is 12.5. The van der Waals surface area contributed by atoms with Crippen LogP contribution in [0.3, 0.4) is 0 Å². The molecule has 1 N–H and O–H groups in total. The lowest BCUT2D eigenvalue weighted by Gasteiger charge is -2.37. The van der Waals surface area contributed by atoms with Crippen molar-refractivity contribution in [3.8, 4) is 0 Å². The Bertz CT molecular complexity index is 411. The summed E-state index contributed by atoms with van der Waals surface area (Å²) >= 11 is 0. The van der Waals surface area contributed by atoms with Crippen molar-refractivity contribution in [3.05, 3.63) is 29.8 Å². The molecule has 0 aliphatic carbocycles. The first kappa shape index (κ1) is 11.8. The molecule has 2 heterocycles. The summed E-state index contributed by atoms with van der Waals surface area (Å²) in [6, 6.07) is 6.41. The van der Waals surface area contributed by atoms with Gasteiger partial charge in [0.25, 0.3) is 0 Å². The van der Waals surface area contributed by atoms with E-state index in [0.717, 1.165) is 31.6 Å². The molecule has 2 atom stereocenters. The van der Waals surface area contributed by atoms with Crippen molar-refractivity contribution in [2.24, 2.45) is 0 Å². The lowest BCUT2D eigenvalue weighted by Crippen LogP contribution is -2.51. The number of rotatable bonds is 1. The van der Waals surface area contributed by atoms with Crippen LogP contribution in [0.15, 0.2) is 24.3 Å². The number of alkyl halides is 3. The molecule has 0 amide bonds. The molecule has 2 aliphatic rings. The number of nitrogens with zero attached hydrogens (tertiary/aromatic N) is 1. The maximum atomic E-state index is 12.5. The number of nitrogens with one attached hydrogen (secondary N) is 1. The van der Waals surface area contributed by atoms with Gasteiger partial charge in [0.15, 0.2) is 0 Å². The zero-order valence-electron chi connectivity index (χ0n) is 9.87. The van der Waals surface area contributed by atoms with Crippen molar-refractivity contribution in [3.63, 3.8) is 0 Å². The second kappa shape index (κ2) is 4.16. The zero-order chi connectivity index (χ0) is 12.8. The van der Waals surface area contributed by atoms with Gasteiger partial charge in [-0.1, -0.05) is 0 Å². The van der Waals surface area contributed by atoms with Gasteiger partial charge in [-0.05, 0) is 37.1 Å². The van der Waals surface area contributed by atoms with Gasteiger partial charge in [-0.15, -0.1) is 0 Å². The van der Waals surface area contributed by atoms with Crippen molar-refractivity contribution in [2.75, 3.05) is 18.0 Å². The first-order valence-corrected chi connectivity index (χ1v) is 6.22. The minimum Gasteiger partial charge on any atom is -0.363 e. The van der Waals surface area contributed by atoms with Gasteiger partial charge < -0.3 is 10.2 Å². The average Bonchev–Trinajstić information content (AvgIpc) is 2.58. The Morgan fingerprint density at radius 1 is 1.00 bits per heavy atom. The van der Waals surface area contributed by atoms with Gasteiger partial charge in [-0.2, -0.15) is 13.2 Å². The topological polar surface area (TPSA) is 15.3 Å². The van der Waals surface area contributed by atoms with Crippen molar-refractivity contribution >= 4 is 5.69 Å². The van der Waals surface area contributed by atoms with Crippen LogP contribution in [0.4, 0.5) is 18.9 Å². The Balaban J connectivity index is 1.85. The summed E-state index contributed by atoms with van der Waals surface area (Å²) in [6.45, 7) is 1.86. The van der Waals surface area contributed by atoms with Gasteiger partial charge in [0.2, 0.25) is 0 Å². The van der Waals surface area contributed by atoms with E-state index >= 15 is 0 Å². The van der Waals surface area contributed by atoms with E-state index in [4.69, 9.17) is 0 Å². The van der Waals surface area contributed by atoms with Gasteiger partial charge in [-0.3, -0.25) is 0 Å². The smallest absolute Gasteiger partial charge is 0.363 e. The molecule has 3 rings (SSSR count). The molecule has 2 saturated heterocycles. The minimum absolute atomic E-state index is 0.431. The van der Waals surface area contributed by atoms with Crippen molar-refractivity contribution in [1.29, 1.82) is 0 Å². The quantitative estimate of drug-likeness (QED) is 0.831. The third-order valence-electron chi connectivity index (χ3n) is 3.87. The molecule has 0 spiro atoms. The van der Waals surface area contributed by atoms with Crippen LogP contribution in [0, 0.1) is 0 Å². The predicted octanol–water partition coefficient (Wildman–Crippen LogP) is 2.65. The molecule has 5 heteroatoms. The van der Waals surface area contributed by atoms with Gasteiger partial charge in [-0.25, -0.2) is 0 Å². The normalized spacial score (nSPS) is 27.6. The first-order valence-electron chi connectivity index (χ1n) is 6.22. The number of benzene rings is 1. The molecule has 0 saturated carbocycles. The molecule has 18 heavy (non-hydrogen) atoms. The van der Waals surface area contributed by atoms with Crippen LogP contribution >= 0.6 is 0 Å². The van der Waals surface area contributed by atoms with Crippen LogP contribution in [-0.2, 0) is 6.18 Å². The van der Waals surface area contributed by atoms with Crippen LogP contribution in [0.1, 0.15) is 18.4 Å². The third-order valence-corrected chi connectivity index (χ3v) is 3.87. The van der Waals surface area contributed by atoms with E-state index in [1.54, 1.807) is 12.1 Å². The molecular weight excluding hydrogens is 241 g/mol. The summed E-state index contributed by atoms with van der Waals surface area (Å²) in [4.78, 5) is 2.27. The number of piperazine rings is 1. The van der Waals surface area contributed by atoms with Gasteiger partial charge in [0.05, 0.1) is 5.56 Å². The van der Waals surface area contributed by atoms with E-state index < -0.39 is 11.7 Å². The minimum atomic E-state index is -4.25. The van der Waals surface area contributed by atoms with Gasteiger partial charge in [0, 0.05) is 30.9 Å². The largest absolute Gasteiger partial charge is 0.416 e. The molecule has 98 valence electrons. The number of hydrogen-bond acceptors (Lipinski definition) is 2. The SMILES string of the molecule is FC(F)(F)c1ccc(N2C3CCC2CNC3)cc1. The van der Waals surface area contributed by atoms with E-state index in [-0.39, 0.29) is 0 Å². The molecule has 2 unspecified atom stereocenters. The van der Waals surface area contributed by atoms with Crippen molar-refractivity contribution in [1.82, 2.24) is 5.32 Å². The molecule has 2 bridgehead atoms. The van der Waals surface area contributed by atoms with Gasteiger partial charge in [0.1, 0.15) is 0 Å². The molecular formula is C13H15F3N2. The Morgan fingerprint density at radius 2 is 1.56 bits per heavy atom. The highest BCUT2D eigenvalue weighted by Crippen LogP contribution is 2.35. The van der Waals surface area contributed by atoms with E-state index in [9.17, 15) is 13.2 Å². The third kappa shape index (κ3) is 1.96. The van der Waals surface area contributed by atoms with E-state index in [1.165, 1.54) is 12.1 Å². The predicted molar refractivity (Wildman–Crippen MR) is 63.6 cm³/mol. The first-order chi connectivity index (χ1) is 8.55. The summed E-state index contributed by atoms with van der Waals surface area (Å²) in [5.74, 6) is 0. The fourth-order valence-electron chi connectivity index (χ4n) is 3.02. The number of hydrogen-bond donors (Lipinski definition) is 1. The average molecular weight is 256 g/mol. The molecule has 1 aromatic rings. The number of anilines is 1. The number of fused-ring (bicyclic) bond motifs is 2. The second-order valence-electron chi connectivity index (χ2n) is 5.00. The monoisotopic (exact) mass is 256 g/mol. The Kier molecular flexibility index (Phi) is 2.73. The van der Waals surface area contributed by atoms with Crippen LogP contribution in [0.25, 0.3) is 0 Å². The number of halogens is 3. The van der Waals surface area contributed by atoms with E-state index in [0.29, 0.717) is 12.1 Å². The molecule has 2 fully saturated rings. The Morgan fingerprint density at radius 3 is 2.06 bits per heavy atom. The molecule has 1 aromatic carbocycles. The maximum Gasteiger partial charge on any atom is 0.416 e. The Hall–Kier alpha value is -1.23. The van der Waals surface area contributed by atoms with E-state index in [2.05, 4.69) is 10.2 Å². The summed E-state index contributed by atoms with van der Waals surface area (Å²) in [5, 5.41) is 3.36. The molecule has 2 nitrogen and oxygen atoms in total. The summed E-state index contributed by atoms with van der Waals surface area (Å²) in [7, 11) is 0. The van der Waals surface area contributed by atoms with E-state index in [1.807, 2.05) is 0 Å². The highest BCUT2D eigenvalue weighted by atomic mass is 19.4. The zero-order valence-corrected chi connectivity index (χ0v) is 9.87. The fraction of sp³-hybridized carbons (Fsp3) is 0.538.